The monoisotopic (exact) mass is 359 g/mol. The van der Waals surface area contributed by atoms with E-state index in [4.69, 9.17) is 9.90 Å². The molecule has 0 saturated carbocycles. The van der Waals surface area contributed by atoms with Crippen LogP contribution in [0.4, 0.5) is 18.9 Å². The van der Waals surface area contributed by atoms with Crippen LogP contribution < -0.4 is 10.2 Å². The van der Waals surface area contributed by atoms with Crippen LogP contribution in [0.25, 0.3) is 0 Å². The third-order valence-electron chi connectivity index (χ3n) is 4.36. The predicted octanol–water partition coefficient (Wildman–Crippen LogP) is 1.68. The summed E-state index contributed by atoms with van der Waals surface area (Å²) in [6.45, 7) is 2.54. The van der Waals surface area contributed by atoms with Gasteiger partial charge in [0.05, 0.1) is 6.67 Å². The summed E-state index contributed by atoms with van der Waals surface area (Å²) in [6.07, 6.45) is -3.30. The Kier molecular flexibility index (Phi) is 5.56. The van der Waals surface area contributed by atoms with Crippen LogP contribution in [-0.4, -0.2) is 60.4 Å². The van der Waals surface area contributed by atoms with Gasteiger partial charge in [0.15, 0.2) is 0 Å². The van der Waals surface area contributed by atoms with E-state index >= 15 is 0 Å². The normalized spacial score (nSPS) is 19.6. The molecule has 0 aliphatic carbocycles. The lowest BCUT2D eigenvalue weighted by atomic mass is 9.86. The summed E-state index contributed by atoms with van der Waals surface area (Å²) in [5, 5.41) is 10.5. The zero-order valence-corrected chi connectivity index (χ0v) is 13.7. The van der Waals surface area contributed by atoms with Crippen molar-refractivity contribution in [2.75, 3.05) is 31.7 Å². The molecule has 1 amide bonds. The van der Waals surface area contributed by atoms with Crippen molar-refractivity contribution >= 4 is 17.6 Å². The number of amides is 1. The van der Waals surface area contributed by atoms with Gasteiger partial charge >= 0.3 is 12.1 Å². The summed E-state index contributed by atoms with van der Waals surface area (Å²) in [7, 11) is 1.90. The number of piperidine rings is 1. The number of alkyl halides is 3. The largest absolute Gasteiger partial charge is 0.490 e. The fraction of sp³-hybridized carbons (Fsp3) is 0.500. The summed E-state index contributed by atoms with van der Waals surface area (Å²) in [5.41, 5.74) is 0.832. The molecule has 2 aliphatic rings. The Morgan fingerprint density at radius 3 is 2.20 bits per heavy atom. The van der Waals surface area contributed by atoms with Crippen molar-refractivity contribution in [1.29, 1.82) is 0 Å². The number of carbonyl (C=O) groups excluding carboxylic acids is 1. The molecule has 138 valence electrons. The van der Waals surface area contributed by atoms with E-state index in [2.05, 4.69) is 22.3 Å². The van der Waals surface area contributed by atoms with E-state index in [9.17, 15) is 18.0 Å². The molecule has 2 heterocycles. The molecule has 1 aromatic rings. The third-order valence-corrected chi connectivity index (χ3v) is 4.36. The van der Waals surface area contributed by atoms with Crippen molar-refractivity contribution in [3.63, 3.8) is 0 Å². The fourth-order valence-electron chi connectivity index (χ4n) is 3.14. The number of nitrogens with one attached hydrogen (secondary N) is 1. The Balaban J connectivity index is 0.000000277. The van der Waals surface area contributed by atoms with Crippen molar-refractivity contribution in [3.05, 3.63) is 30.3 Å². The molecule has 2 N–H and O–H groups in total. The van der Waals surface area contributed by atoms with Crippen LogP contribution in [0.3, 0.4) is 0 Å². The molecule has 0 bridgehead atoms. The summed E-state index contributed by atoms with van der Waals surface area (Å²) in [4.78, 5) is 25.5. The minimum Gasteiger partial charge on any atom is -0.475 e. The van der Waals surface area contributed by atoms with Crippen LogP contribution in [0.15, 0.2) is 30.3 Å². The summed E-state index contributed by atoms with van der Waals surface area (Å²) < 4.78 is 31.7. The highest BCUT2D eigenvalue weighted by Gasteiger charge is 2.51. The average Bonchev–Trinajstić information content (AvgIpc) is 2.81. The topological polar surface area (TPSA) is 72.9 Å². The van der Waals surface area contributed by atoms with Crippen LogP contribution in [0, 0.1) is 0 Å². The van der Waals surface area contributed by atoms with E-state index in [0.29, 0.717) is 6.67 Å². The minimum atomic E-state index is -5.08. The lowest BCUT2D eigenvalue weighted by molar-refractivity contribution is -0.192. The molecule has 0 unspecified atom stereocenters. The van der Waals surface area contributed by atoms with Crippen LogP contribution in [-0.2, 0) is 9.59 Å². The molecule has 2 aliphatic heterocycles. The first kappa shape index (κ1) is 19.0. The standard InChI is InChI=1S/C14H19N3O.C2HF3O2/c1-16-11-17(12-5-3-2-4-6-12)14(13(16)18)7-9-15-10-8-14;3-2(4,5)1(6)7/h2-6,15H,7-11H2,1H3;(H,6,7). The Bertz CT molecular complexity index is 616. The first-order valence-electron chi connectivity index (χ1n) is 7.77. The van der Waals surface area contributed by atoms with Gasteiger partial charge in [-0.1, -0.05) is 18.2 Å². The molecule has 25 heavy (non-hydrogen) atoms. The molecule has 1 aromatic carbocycles. The van der Waals surface area contributed by atoms with Gasteiger partial charge in [0, 0.05) is 12.7 Å². The Morgan fingerprint density at radius 1 is 1.20 bits per heavy atom. The van der Waals surface area contributed by atoms with E-state index in [1.807, 2.05) is 30.1 Å². The van der Waals surface area contributed by atoms with E-state index in [1.54, 1.807) is 0 Å². The van der Waals surface area contributed by atoms with Gasteiger partial charge in [-0.2, -0.15) is 13.2 Å². The highest BCUT2D eigenvalue weighted by atomic mass is 19.4. The van der Waals surface area contributed by atoms with E-state index in [0.717, 1.165) is 31.6 Å². The number of carboxylic acids is 1. The second kappa shape index (κ2) is 7.30. The minimum absolute atomic E-state index is 0.271. The zero-order valence-electron chi connectivity index (χ0n) is 13.7. The maximum atomic E-state index is 12.5. The van der Waals surface area contributed by atoms with Gasteiger partial charge in [0.1, 0.15) is 5.54 Å². The van der Waals surface area contributed by atoms with Crippen molar-refractivity contribution in [2.24, 2.45) is 0 Å². The molecule has 0 atom stereocenters. The second-order valence-electron chi connectivity index (χ2n) is 5.99. The zero-order chi connectivity index (χ0) is 18.7. The molecule has 0 aromatic heterocycles. The van der Waals surface area contributed by atoms with Gasteiger partial charge in [0.25, 0.3) is 0 Å². The van der Waals surface area contributed by atoms with Crippen LogP contribution in [0.5, 0.6) is 0 Å². The number of para-hydroxylation sites is 1. The fourth-order valence-corrected chi connectivity index (χ4v) is 3.14. The number of hydrogen-bond donors (Lipinski definition) is 2. The molecular weight excluding hydrogens is 339 g/mol. The van der Waals surface area contributed by atoms with Crippen molar-refractivity contribution in [3.8, 4) is 0 Å². The van der Waals surface area contributed by atoms with Crippen LogP contribution >= 0.6 is 0 Å². The van der Waals surface area contributed by atoms with E-state index in [-0.39, 0.29) is 11.4 Å². The van der Waals surface area contributed by atoms with Crippen molar-refractivity contribution in [1.82, 2.24) is 10.2 Å². The second-order valence-corrected chi connectivity index (χ2v) is 5.99. The smallest absolute Gasteiger partial charge is 0.475 e. The first-order chi connectivity index (χ1) is 11.7. The molecule has 2 saturated heterocycles. The number of aliphatic carboxylic acids is 1. The van der Waals surface area contributed by atoms with Crippen LogP contribution in [0.1, 0.15) is 12.8 Å². The quantitative estimate of drug-likeness (QED) is 0.798. The van der Waals surface area contributed by atoms with Crippen molar-refractivity contribution in [2.45, 2.75) is 24.6 Å². The maximum absolute atomic E-state index is 12.5. The summed E-state index contributed by atoms with van der Waals surface area (Å²) >= 11 is 0. The lowest BCUT2D eigenvalue weighted by Crippen LogP contribution is -2.55. The number of halogens is 3. The average molecular weight is 359 g/mol. The number of nitrogens with zero attached hydrogens (tertiary/aromatic N) is 2. The number of anilines is 1. The Hall–Kier alpha value is -2.29. The van der Waals surface area contributed by atoms with Crippen LogP contribution in [0.2, 0.25) is 0 Å². The SMILES string of the molecule is CN1CN(c2ccccc2)C2(CCNCC2)C1=O.O=C(O)C(F)(F)F. The van der Waals surface area contributed by atoms with E-state index in [1.165, 1.54) is 0 Å². The van der Waals surface area contributed by atoms with Crippen molar-refractivity contribution < 1.29 is 27.9 Å². The Labute approximate surface area is 143 Å². The number of hydrogen-bond acceptors (Lipinski definition) is 4. The molecule has 6 nitrogen and oxygen atoms in total. The number of rotatable bonds is 1. The first-order valence-corrected chi connectivity index (χ1v) is 7.77. The number of benzene rings is 1. The highest BCUT2D eigenvalue weighted by molar-refractivity contribution is 5.93. The van der Waals surface area contributed by atoms with Gasteiger partial charge in [0.2, 0.25) is 5.91 Å². The summed E-state index contributed by atoms with van der Waals surface area (Å²) in [5.74, 6) is -2.49. The molecule has 9 heteroatoms. The van der Waals surface area contributed by atoms with E-state index < -0.39 is 12.1 Å². The van der Waals surface area contributed by atoms with Gasteiger partial charge in [-0.3, -0.25) is 4.79 Å². The molecule has 2 fully saturated rings. The van der Waals surface area contributed by atoms with Gasteiger partial charge in [-0.05, 0) is 38.1 Å². The van der Waals surface area contributed by atoms with Gasteiger partial charge < -0.3 is 20.2 Å². The van der Waals surface area contributed by atoms with Gasteiger partial charge in [-0.15, -0.1) is 0 Å². The predicted molar refractivity (Wildman–Crippen MR) is 85.1 cm³/mol. The highest BCUT2D eigenvalue weighted by Crippen LogP contribution is 2.37. The van der Waals surface area contributed by atoms with Gasteiger partial charge in [-0.25, -0.2) is 4.79 Å². The lowest BCUT2D eigenvalue weighted by Gasteiger charge is -2.40. The molecule has 0 radical (unpaired) electrons. The maximum Gasteiger partial charge on any atom is 0.490 e. The summed E-state index contributed by atoms with van der Waals surface area (Å²) in [6, 6.07) is 10.3. The Morgan fingerprint density at radius 2 is 1.72 bits per heavy atom. The molecular formula is C16H20F3N3O3. The number of carboxylic acid groups (broad SMARTS) is 1. The number of carbonyl (C=O) groups is 2. The molecule has 3 rings (SSSR count). The number of likely N-dealkylation sites (N-methyl/N-ethyl adjacent to an activating group) is 1. The third kappa shape index (κ3) is 4.04. The molecule has 1 spiro atoms.